The Morgan fingerprint density at radius 1 is 0.940 bits per heavy atom. The fourth-order valence-corrected chi connectivity index (χ4v) is 6.70. The number of fused-ring (bicyclic) bond motifs is 2. The van der Waals surface area contributed by atoms with Gasteiger partial charge in [0.05, 0.1) is 23.3 Å². The summed E-state index contributed by atoms with van der Waals surface area (Å²) >= 11 is 0. The van der Waals surface area contributed by atoms with Gasteiger partial charge in [0.1, 0.15) is 5.82 Å². The van der Waals surface area contributed by atoms with Crippen LogP contribution in [-0.4, -0.2) is 63.5 Å². The number of rotatable bonds is 4. The van der Waals surface area contributed by atoms with Crippen LogP contribution in [0.1, 0.15) is 114 Å². The van der Waals surface area contributed by atoms with Gasteiger partial charge in [-0.05, 0) is 109 Å². The lowest BCUT2D eigenvalue weighted by molar-refractivity contribution is -0.136. The predicted octanol–water partition coefficient (Wildman–Crippen LogP) is 9.20. The van der Waals surface area contributed by atoms with Crippen LogP contribution in [0, 0.1) is 26.6 Å². The molecule has 2 N–H and O–H groups in total. The molecular formula is C42H62FN3O4. The van der Waals surface area contributed by atoms with Crippen molar-refractivity contribution < 1.29 is 24.1 Å². The Morgan fingerprint density at radius 2 is 1.56 bits per heavy atom. The van der Waals surface area contributed by atoms with Gasteiger partial charge in [0.15, 0.2) is 0 Å². The van der Waals surface area contributed by atoms with Crippen LogP contribution in [0.2, 0.25) is 0 Å². The number of aromatic nitrogens is 1. The summed E-state index contributed by atoms with van der Waals surface area (Å²) in [7, 11) is 0. The first-order chi connectivity index (χ1) is 23.6. The maximum atomic E-state index is 13.9. The molecule has 8 heteroatoms. The molecule has 1 saturated heterocycles. The van der Waals surface area contributed by atoms with Gasteiger partial charge in [0.2, 0.25) is 0 Å². The molecule has 276 valence electrons. The minimum atomic E-state index is -0.844. The fourth-order valence-electron chi connectivity index (χ4n) is 6.70. The minimum Gasteiger partial charge on any atom is -0.481 e. The Balaban J connectivity index is 0.000000887. The minimum absolute atomic E-state index is 0.0540. The summed E-state index contributed by atoms with van der Waals surface area (Å²) in [4.78, 5) is 21.7. The highest BCUT2D eigenvalue weighted by molar-refractivity contribution is 5.86. The molecule has 1 aromatic heterocycles. The van der Waals surface area contributed by atoms with Crippen LogP contribution in [0.15, 0.2) is 42.5 Å². The van der Waals surface area contributed by atoms with Crippen LogP contribution in [0.5, 0.6) is 0 Å². The zero-order valence-corrected chi connectivity index (χ0v) is 32.2. The van der Waals surface area contributed by atoms with E-state index in [1.807, 2.05) is 46.8 Å². The fraction of sp³-hybridized carbons (Fsp3) is 0.571. The molecule has 1 fully saturated rings. The smallest absolute Gasteiger partial charge is 0.307 e. The van der Waals surface area contributed by atoms with E-state index in [0.717, 1.165) is 117 Å². The van der Waals surface area contributed by atoms with Gasteiger partial charge >= 0.3 is 5.97 Å². The number of aliphatic hydroxyl groups is 1. The number of piperidine rings is 1. The van der Waals surface area contributed by atoms with Gasteiger partial charge in [-0.1, -0.05) is 63.1 Å². The lowest BCUT2D eigenvalue weighted by atomic mass is 9.89. The number of pyridine rings is 1. The number of benzene rings is 2. The van der Waals surface area contributed by atoms with Crippen molar-refractivity contribution in [2.45, 2.75) is 132 Å². The Kier molecular flexibility index (Phi) is 15.4. The second kappa shape index (κ2) is 18.8. The summed E-state index contributed by atoms with van der Waals surface area (Å²) in [5, 5.41) is 18.4. The molecule has 2 aromatic carbocycles. The Labute approximate surface area is 300 Å². The summed E-state index contributed by atoms with van der Waals surface area (Å²) < 4.78 is 20.4. The molecule has 0 radical (unpaired) electrons. The van der Waals surface area contributed by atoms with Crippen LogP contribution < -0.4 is 4.90 Å². The van der Waals surface area contributed by atoms with E-state index in [0.29, 0.717) is 5.56 Å². The van der Waals surface area contributed by atoms with Gasteiger partial charge in [-0.2, -0.15) is 0 Å². The van der Waals surface area contributed by atoms with Gasteiger partial charge in [0, 0.05) is 55.3 Å². The molecule has 0 atom stereocenters. The van der Waals surface area contributed by atoms with E-state index in [2.05, 4.69) is 41.0 Å². The number of halogens is 1. The van der Waals surface area contributed by atoms with Gasteiger partial charge in [-0.3, -0.25) is 14.7 Å². The van der Waals surface area contributed by atoms with Gasteiger partial charge in [-0.15, -0.1) is 0 Å². The largest absolute Gasteiger partial charge is 0.481 e. The highest BCUT2D eigenvalue weighted by atomic mass is 19.1. The van der Waals surface area contributed by atoms with Crippen molar-refractivity contribution in [3.05, 3.63) is 81.9 Å². The number of carbonyl (C=O) groups is 1. The number of aryl methyl sites for hydroxylation is 3. The predicted molar refractivity (Wildman–Crippen MR) is 203 cm³/mol. The van der Waals surface area contributed by atoms with Crippen LogP contribution in [0.4, 0.5) is 10.1 Å². The van der Waals surface area contributed by atoms with Gasteiger partial charge in [-0.25, -0.2) is 4.39 Å². The van der Waals surface area contributed by atoms with Crippen LogP contribution in [0.3, 0.4) is 0 Å². The van der Waals surface area contributed by atoms with Crippen molar-refractivity contribution >= 4 is 11.7 Å². The lowest BCUT2D eigenvalue weighted by Gasteiger charge is -2.42. The van der Waals surface area contributed by atoms with Crippen molar-refractivity contribution in [2.24, 2.45) is 0 Å². The zero-order chi connectivity index (χ0) is 37.1. The monoisotopic (exact) mass is 691 g/mol. The van der Waals surface area contributed by atoms with Crippen molar-refractivity contribution in [1.82, 2.24) is 9.88 Å². The molecule has 7 rings (SSSR count). The van der Waals surface area contributed by atoms with E-state index >= 15 is 0 Å². The molecule has 0 saturated carbocycles. The first-order valence-corrected chi connectivity index (χ1v) is 18.5. The van der Waals surface area contributed by atoms with E-state index in [9.17, 15) is 14.3 Å². The quantitative estimate of drug-likeness (QED) is 0.282. The number of carboxylic acids is 1. The lowest BCUT2D eigenvalue weighted by Crippen LogP contribution is -2.45. The first-order valence-electron chi connectivity index (χ1n) is 18.5. The van der Waals surface area contributed by atoms with Crippen molar-refractivity contribution in [1.29, 1.82) is 0 Å². The van der Waals surface area contributed by atoms with E-state index in [1.165, 1.54) is 5.56 Å². The van der Waals surface area contributed by atoms with E-state index < -0.39 is 11.6 Å². The van der Waals surface area contributed by atoms with Crippen molar-refractivity contribution in [3.8, 4) is 11.1 Å². The molecule has 3 aromatic rings. The molecule has 4 aliphatic rings. The van der Waals surface area contributed by atoms with E-state index in [1.54, 1.807) is 26.8 Å². The van der Waals surface area contributed by atoms with Crippen LogP contribution >= 0.6 is 0 Å². The van der Waals surface area contributed by atoms with Crippen LogP contribution in [0.25, 0.3) is 11.1 Å². The normalized spacial score (nSPS) is 16.9. The number of carboxylic acid groups (broad SMARTS) is 1. The topological polar surface area (TPSA) is 86.1 Å². The van der Waals surface area contributed by atoms with Gasteiger partial charge < -0.3 is 19.8 Å². The first kappa shape index (κ1) is 41.1. The number of nitrogens with zero attached hydrogens (tertiary/aromatic N) is 3. The second-order valence-electron chi connectivity index (χ2n) is 14.9. The maximum Gasteiger partial charge on any atom is 0.307 e. The molecule has 0 unspecified atom stereocenters. The molecule has 0 spiro atoms. The second-order valence-corrected chi connectivity index (χ2v) is 14.9. The molecule has 5 heterocycles. The molecule has 7 nitrogen and oxygen atoms in total. The zero-order valence-electron chi connectivity index (χ0n) is 32.2. The molecule has 50 heavy (non-hydrogen) atoms. The standard InChI is InChI=1S/C36H46FN3O3.C4H10O.C2H6/c1-25-21-29(11-14-32(25)37)24-39-17-7-5-6-8-20-43-36(4)15-18-40(19-16-36)35-31(22-33(41)42)26(2)38-27(3)34(35)30-12-9-28(23-39)10-13-30;1-4(2,3)5;1-2/h9-14,21H,5-8,15-20,22-24H2,1-4H3,(H,41,42);5H,1-3H3;1-2H3. The summed E-state index contributed by atoms with van der Waals surface area (Å²) in [6.45, 7) is 22.2. The Morgan fingerprint density at radius 3 is 2.16 bits per heavy atom. The van der Waals surface area contributed by atoms with Gasteiger partial charge in [0.25, 0.3) is 0 Å². The average Bonchev–Trinajstić information content (AvgIpc) is 3.04. The highest BCUT2D eigenvalue weighted by Crippen LogP contribution is 2.41. The molecule has 4 aliphatic heterocycles. The third kappa shape index (κ3) is 12.5. The molecule has 4 bridgehead atoms. The highest BCUT2D eigenvalue weighted by Gasteiger charge is 2.33. The van der Waals surface area contributed by atoms with E-state index in [-0.39, 0.29) is 17.8 Å². The third-order valence-electron chi connectivity index (χ3n) is 9.22. The van der Waals surface area contributed by atoms with E-state index in [4.69, 9.17) is 14.8 Å². The van der Waals surface area contributed by atoms with Crippen molar-refractivity contribution in [3.63, 3.8) is 0 Å². The maximum absolute atomic E-state index is 13.9. The SMILES string of the molecule is CC.CC(C)(C)O.Cc1cc(CN2CCCCCCOC3(C)CCN(CC3)c3c(CC(=O)O)c(C)nc(C)c3-c3ccc(cc3)C2)ccc1F. The van der Waals surface area contributed by atoms with Crippen LogP contribution in [-0.2, 0) is 29.0 Å². The number of anilines is 1. The summed E-state index contributed by atoms with van der Waals surface area (Å²) in [6, 6.07) is 14.1. The molecule has 0 aliphatic carbocycles. The number of hydrogen-bond donors (Lipinski definition) is 2. The summed E-state index contributed by atoms with van der Waals surface area (Å²) in [6.07, 6.45) is 6.19. The number of hydrogen-bond acceptors (Lipinski definition) is 6. The van der Waals surface area contributed by atoms with Crippen molar-refractivity contribution in [2.75, 3.05) is 31.1 Å². The molecular weight excluding hydrogens is 629 g/mol. The number of ether oxygens (including phenoxy) is 1. The summed E-state index contributed by atoms with van der Waals surface area (Å²) in [5.41, 5.74) is 7.93. The Hall–Kier alpha value is -3.33. The number of aliphatic carboxylic acids is 1. The summed E-state index contributed by atoms with van der Waals surface area (Å²) in [5.74, 6) is -1.01. The third-order valence-corrected chi connectivity index (χ3v) is 9.22. The Bertz CT molecular complexity index is 1520. The molecule has 0 amide bonds. The average molecular weight is 692 g/mol.